The fourth-order valence-electron chi connectivity index (χ4n) is 1.85. The average molecular weight is 280 g/mol. The van der Waals surface area contributed by atoms with Gasteiger partial charge in [-0.2, -0.15) is 0 Å². The number of phenols is 1. The molecular formula is C15H24N2O3. The molecule has 112 valence electrons. The Balaban J connectivity index is 2.30. The van der Waals surface area contributed by atoms with E-state index in [1.54, 1.807) is 18.2 Å². The predicted octanol–water partition coefficient (Wildman–Crippen LogP) is 1.40. The van der Waals surface area contributed by atoms with Gasteiger partial charge in [-0.3, -0.25) is 4.79 Å². The molecule has 1 rings (SSSR count). The first-order valence-electron chi connectivity index (χ1n) is 6.80. The number of hydrogen-bond donors (Lipinski definition) is 2. The van der Waals surface area contributed by atoms with Gasteiger partial charge in [-0.15, -0.1) is 0 Å². The molecular weight excluding hydrogens is 256 g/mol. The van der Waals surface area contributed by atoms with Gasteiger partial charge in [-0.25, -0.2) is 0 Å². The van der Waals surface area contributed by atoms with Crippen LogP contribution in [0.1, 0.15) is 18.4 Å². The van der Waals surface area contributed by atoms with Gasteiger partial charge in [0, 0.05) is 13.0 Å². The summed E-state index contributed by atoms with van der Waals surface area (Å²) in [5, 5.41) is 12.4. The zero-order valence-corrected chi connectivity index (χ0v) is 12.5. The van der Waals surface area contributed by atoms with Gasteiger partial charge in [-0.05, 0) is 51.2 Å². The Kier molecular flexibility index (Phi) is 6.87. The van der Waals surface area contributed by atoms with Crippen LogP contribution < -0.4 is 10.1 Å². The summed E-state index contributed by atoms with van der Waals surface area (Å²) >= 11 is 0. The highest BCUT2D eigenvalue weighted by atomic mass is 16.5. The number of carbonyl (C=O) groups is 1. The highest BCUT2D eigenvalue weighted by molar-refractivity contribution is 5.76. The van der Waals surface area contributed by atoms with Gasteiger partial charge < -0.3 is 20.1 Å². The number of amides is 1. The van der Waals surface area contributed by atoms with E-state index in [9.17, 15) is 9.90 Å². The molecule has 0 atom stereocenters. The topological polar surface area (TPSA) is 61.8 Å². The van der Waals surface area contributed by atoms with E-state index in [0.717, 1.165) is 18.5 Å². The van der Waals surface area contributed by atoms with E-state index in [2.05, 4.69) is 10.2 Å². The molecule has 0 radical (unpaired) electrons. The summed E-state index contributed by atoms with van der Waals surface area (Å²) in [5.74, 6) is 0.606. The molecule has 0 saturated heterocycles. The van der Waals surface area contributed by atoms with E-state index in [4.69, 9.17) is 4.74 Å². The second kappa shape index (κ2) is 8.43. The van der Waals surface area contributed by atoms with E-state index >= 15 is 0 Å². The number of ether oxygens (including phenoxy) is 1. The van der Waals surface area contributed by atoms with E-state index < -0.39 is 0 Å². The lowest BCUT2D eigenvalue weighted by atomic mass is 10.1. The Hall–Kier alpha value is -1.75. The summed E-state index contributed by atoms with van der Waals surface area (Å²) < 4.78 is 5.04. The van der Waals surface area contributed by atoms with Crippen molar-refractivity contribution in [2.45, 2.75) is 19.3 Å². The van der Waals surface area contributed by atoms with Crippen molar-refractivity contribution in [3.63, 3.8) is 0 Å². The zero-order valence-electron chi connectivity index (χ0n) is 12.5. The molecule has 1 aromatic rings. The molecule has 0 unspecified atom stereocenters. The number of rotatable bonds is 8. The van der Waals surface area contributed by atoms with E-state index in [1.807, 2.05) is 14.1 Å². The summed E-state index contributed by atoms with van der Waals surface area (Å²) in [6, 6.07) is 5.15. The number of phenolic OH excluding ortho intramolecular Hbond substituents is 1. The van der Waals surface area contributed by atoms with Crippen molar-refractivity contribution in [3.8, 4) is 11.5 Å². The Labute approximate surface area is 120 Å². The summed E-state index contributed by atoms with van der Waals surface area (Å²) in [4.78, 5) is 13.8. The lowest BCUT2D eigenvalue weighted by Crippen LogP contribution is -2.27. The molecule has 20 heavy (non-hydrogen) atoms. The summed E-state index contributed by atoms with van der Waals surface area (Å²) in [6.45, 7) is 1.67. The van der Waals surface area contributed by atoms with Crippen LogP contribution in [0.4, 0.5) is 0 Å². The largest absolute Gasteiger partial charge is 0.504 e. The van der Waals surface area contributed by atoms with Crippen molar-refractivity contribution < 1.29 is 14.6 Å². The van der Waals surface area contributed by atoms with E-state index in [0.29, 0.717) is 25.1 Å². The molecule has 2 N–H and O–H groups in total. The van der Waals surface area contributed by atoms with Gasteiger partial charge in [0.1, 0.15) is 0 Å². The third-order valence-electron chi connectivity index (χ3n) is 2.99. The Bertz CT molecular complexity index is 433. The Morgan fingerprint density at radius 2 is 2.15 bits per heavy atom. The Morgan fingerprint density at radius 1 is 1.40 bits per heavy atom. The molecule has 0 aliphatic carbocycles. The van der Waals surface area contributed by atoms with Crippen molar-refractivity contribution in [2.75, 3.05) is 34.3 Å². The van der Waals surface area contributed by atoms with Crippen molar-refractivity contribution in [3.05, 3.63) is 23.8 Å². The summed E-state index contributed by atoms with van der Waals surface area (Å²) in [6.07, 6.45) is 2.03. The minimum Gasteiger partial charge on any atom is -0.504 e. The van der Waals surface area contributed by atoms with E-state index in [-0.39, 0.29) is 11.7 Å². The van der Waals surface area contributed by atoms with Crippen molar-refractivity contribution in [2.24, 2.45) is 0 Å². The lowest BCUT2D eigenvalue weighted by Gasteiger charge is -2.10. The minimum atomic E-state index is 0.0517. The first kappa shape index (κ1) is 16.3. The van der Waals surface area contributed by atoms with Gasteiger partial charge in [0.15, 0.2) is 11.5 Å². The molecule has 0 aliphatic rings. The van der Waals surface area contributed by atoms with Gasteiger partial charge in [-0.1, -0.05) is 6.07 Å². The summed E-state index contributed by atoms with van der Waals surface area (Å²) in [7, 11) is 5.54. The minimum absolute atomic E-state index is 0.0517. The smallest absolute Gasteiger partial charge is 0.220 e. The van der Waals surface area contributed by atoms with Crippen molar-refractivity contribution in [1.82, 2.24) is 10.2 Å². The van der Waals surface area contributed by atoms with Crippen LogP contribution >= 0.6 is 0 Å². The second-order valence-corrected chi connectivity index (χ2v) is 5.01. The fraction of sp³-hybridized carbons (Fsp3) is 0.533. The van der Waals surface area contributed by atoms with Crippen LogP contribution in [0.3, 0.4) is 0 Å². The summed E-state index contributed by atoms with van der Waals surface area (Å²) in [5.41, 5.74) is 0.975. The van der Waals surface area contributed by atoms with Crippen LogP contribution in [0.5, 0.6) is 11.5 Å². The van der Waals surface area contributed by atoms with Crippen molar-refractivity contribution >= 4 is 5.91 Å². The maximum Gasteiger partial charge on any atom is 0.220 e. The molecule has 0 fully saturated rings. The predicted molar refractivity (Wildman–Crippen MR) is 79.2 cm³/mol. The third-order valence-corrected chi connectivity index (χ3v) is 2.99. The lowest BCUT2D eigenvalue weighted by molar-refractivity contribution is -0.121. The number of methoxy groups -OCH3 is 1. The van der Waals surface area contributed by atoms with Crippen LogP contribution in [-0.4, -0.2) is 50.2 Å². The maximum absolute atomic E-state index is 11.7. The molecule has 0 heterocycles. The number of aromatic hydroxyl groups is 1. The molecule has 5 nitrogen and oxygen atoms in total. The number of benzene rings is 1. The van der Waals surface area contributed by atoms with Crippen LogP contribution in [0.2, 0.25) is 0 Å². The number of carbonyl (C=O) groups excluding carboxylic acids is 1. The van der Waals surface area contributed by atoms with Crippen molar-refractivity contribution in [1.29, 1.82) is 0 Å². The highest BCUT2D eigenvalue weighted by Gasteiger charge is 2.05. The molecule has 0 aromatic heterocycles. The van der Waals surface area contributed by atoms with Gasteiger partial charge in [0.05, 0.1) is 7.11 Å². The first-order chi connectivity index (χ1) is 9.52. The van der Waals surface area contributed by atoms with Gasteiger partial charge in [0.25, 0.3) is 0 Å². The normalized spacial score (nSPS) is 10.6. The molecule has 5 heteroatoms. The van der Waals surface area contributed by atoms with Crippen LogP contribution in [0.15, 0.2) is 18.2 Å². The first-order valence-corrected chi connectivity index (χ1v) is 6.80. The van der Waals surface area contributed by atoms with Gasteiger partial charge in [0.2, 0.25) is 5.91 Å². The second-order valence-electron chi connectivity index (χ2n) is 5.01. The standard InChI is InChI=1S/C15H24N2O3/c1-17(2)10-4-9-16-15(19)8-6-12-5-7-13(18)14(11-12)20-3/h5,7,11,18H,4,6,8-10H2,1-3H3,(H,16,19). The SMILES string of the molecule is COc1cc(CCC(=O)NCCCN(C)C)ccc1O. The molecule has 0 bridgehead atoms. The number of aryl methyl sites for hydroxylation is 1. The van der Waals surface area contributed by atoms with E-state index in [1.165, 1.54) is 7.11 Å². The monoisotopic (exact) mass is 280 g/mol. The van der Waals surface area contributed by atoms with Crippen LogP contribution in [0.25, 0.3) is 0 Å². The Morgan fingerprint density at radius 3 is 2.80 bits per heavy atom. The number of nitrogens with one attached hydrogen (secondary N) is 1. The highest BCUT2D eigenvalue weighted by Crippen LogP contribution is 2.26. The average Bonchev–Trinajstić information content (AvgIpc) is 2.42. The fourth-order valence-corrected chi connectivity index (χ4v) is 1.85. The van der Waals surface area contributed by atoms with Crippen LogP contribution in [-0.2, 0) is 11.2 Å². The van der Waals surface area contributed by atoms with Crippen LogP contribution in [0, 0.1) is 0 Å². The quantitative estimate of drug-likeness (QED) is 0.707. The molecule has 1 amide bonds. The molecule has 0 saturated carbocycles. The number of nitrogens with zero attached hydrogens (tertiary/aromatic N) is 1. The number of hydrogen-bond acceptors (Lipinski definition) is 4. The molecule has 0 aliphatic heterocycles. The zero-order chi connectivity index (χ0) is 15.0. The van der Waals surface area contributed by atoms with Gasteiger partial charge >= 0.3 is 0 Å². The third kappa shape index (κ3) is 5.93. The maximum atomic E-state index is 11.7. The molecule has 0 spiro atoms. The molecule has 1 aromatic carbocycles.